The molecule has 3 rings (SSSR count). The van der Waals surface area contributed by atoms with Crippen LogP contribution in [0.3, 0.4) is 0 Å². The Hall–Kier alpha value is -3.58. The molecule has 0 bridgehead atoms. The first kappa shape index (κ1) is 16.3. The molecule has 4 nitrogen and oxygen atoms in total. The molecule has 0 radical (unpaired) electrons. The van der Waals surface area contributed by atoms with Crippen LogP contribution in [-0.4, -0.2) is 13.1 Å². The normalized spacial score (nSPS) is 9.92. The van der Waals surface area contributed by atoms with Crippen LogP contribution >= 0.6 is 0 Å². The Kier molecular flexibility index (Phi) is 4.77. The van der Waals surface area contributed by atoms with Gasteiger partial charge in [0.15, 0.2) is 11.5 Å². The van der Waals surface area contributed by atoms with E-state index in [2.05, 4.69) is 0 Å². The van der Waals surface area contributed by atoms with Gasteiger partial charge in [-0.25, -0.2) is 4.79 Å². The minimum Gasteiger partial charge on any atom is -0.493 e. The zero-order valence-electron chi connectivity index (χ0n) is 13.6. The highest BCUT2D eigenvalue weighted by atomic mass is 16.6. The van der Waals surface area contributed by atoms with Gasteiger partial charge in [0.2, 0.25) is 0 Å². The van der Waals surface area contributed by atoms with E-state index in [-0.39, 0.29) is 5.75 Å². The van der Waals surface area contributed by atoms with Crippen LogP contribution in [0.2, 0.25) is 0 Å². The fraction of sp³-hybridized carbons (Fsp3) is 0.0476. The van der Waals surface area contributed by atoms with Crippen LogP contribution in [-0.2, 0) is 0 Å². The van der Waals surface area contributed by atoms with Gasteiger partial charge >= 0.3 is 5.97 Å². The Balaban J connectivity index is 1.95. The van der Waals surface area contributed by atoms with Crippen molar-refractivity contribution in [2.24, 2.45) is 0 Å². The summed E-state index contributed by atoms with van der Waals surface area (Å²) >= 11 is 0. The molecular weight excluding hydrogens is 314 g/mol. The highest BCUT2D eigenvalue weighted by Crippen LogP contribution is 2.30. The van der Waals surface area contributed by atoms with Gasteiger partial charge in [-0.1, -0.05) is 48.5 Å². The Morgan fingerprint density at radius 2 is 1.64 bits per heavy atom. The van der Waals surface area contributed by atoms with Crippen LogP contribution in [0.5, 0.6) is 11.5 Å². The third-order valence-corrected chi connectivity index (χ3v) is 3.73. The summed E-state index contributed by atoms with van der Waals surface area (Å²) in [7, 11) is 1.46. The van der Waals surface area contributed by atoms with Crippen molar-refractivity contribution in [1.29, 1.82) is 5.26 Å². The lowest BCUT2D eigenvalue weighted by Crippen LogP contribution is -2.10. The Bertz CT molecular complexity index is 943. The lowest BCUT2D eigenvalue weighted by atomic mass is 10.00. The van der Waals surface area contributed by atoms with Crippen LogP contribution in [0.4, 0.5) is 0 Å². The van der Waals surface area contributed by atoms with Gasteiger partial charge in [-0.3, -0.25) is 0 Å². The Morgan fingerprint density at radius 3 is 2.36 bits per heavy atom. The molecule has 122 valence electrons. The largest absolute Gasteiger partial charge is 0.493 e. The number of ether oxygens (including phenoxy) is 2. The van der Waals surface area contributed by atoms with Crippen LogP contribution in [0.15, 0.2) is 72.8 Å². The van der Waals surface area contributed by atoms with E-state index < -0.39 is 5.97 Å². The van der Waals surface area contributed by atoms with E-state index in [0.29, 0.717) is 16.9 Å². The third kappa shape index (κ3) is 3.51. The van der Waals surface area contributed by atoms with E-state index in [9.17, 15) is 4.79 Å². The molecular formula is C21H15NO3. The van der Waals surface area contributed by atoms with Crippen molar-refractivity contribution in [3.8, 4) is 28.7 Å². The Labute approximate surface area is 145 Å². The van der Waals surface area contributed by atoms with Gasteiger partial charge in [-0.05, 0) is 29.3 Å². The maximum absolute atomic E-state index is 12.7. The van der Waals surface area contributed by atoms with Crippen molar-refractivity contribution >= 4 is 5.97 Å². The fourth-order valence-corrected chi connectivity index (χ4v) is 2.51. The minimum absolute atomic E-state index is 0.273. The zero-order valence-corrected chi connectivity index (χ0v) is 13.6. The van der Waals surface area contributed by atoms with Crippen LogP contribution in [0.1, 0.15) is 15.9 Å². The van der Waals surface area contributed by atoms with Gasteiger partial charge in [0, 0.05) is 6.07 Å². The van der Waals surface area contributed by atoms with Gasteiger partial charge in [0.05, 0.1) is 24.3 Å². The number of hydrogen-bond donors (Lipinski definition) is 0. The van der Waals surface area contributed by atoms with E-state index in [1.54, 1.807) is 24.3 Å². The van der Waals surface area contributed by atoms with Crippen molar-refractivity contribution in [2.75, 3.05) is 7.11 Å². The molecule has 0 atom stereocenters. The van der Waals surface area contributed by atoms with Crippen molar-refractivity contribution in [3.05, 3.63) is 83.9 Å². The average Bonchev–Trinajstić information content (AvgIpc) is 2.69. The number of esters is 1. The first-order valence-electron chi connectivity index (χ1n) is 7.67. The van der Waals surface area contributed by atoms with Gasteiger partial charge in [0.25, 0.3) is 0 Å². The third-order valence-electron chi connectivity index (χ3n) is 3.73. The molecule has 0 aliphatic rings. The second-order valence-corrected chi connectivity index (χ2v) is 5.28. The molecule has 3 aromatic rings. The summed E-state index contributed by atoms with van der Waals surface area (Å²) < 4.78 is 10.7. The number of nitrogens with zero attached hydrogens (tertiary/aromatic N) is 1. The van der Waals surface area contributed by atoms with Crippen LogP contribution < -0.4 is 9.47 Å². The van der Waals surface area contributed by atoms with E-state index >= 15 is 0 Å². The lowest BCUT2D eigenvalue weighted by molar-refractivity contribution is 0.0730. The molecule has 0 unspecified atom stereocenters. The predicted molar refractivity (Wildman–Crippen MR) is 94.5 cm³/mol. The molecule has 0 aliphatic heterocycles. The molecule has 0 spiro atoms. The number of carbonyl (C=O) groups excluding carboxylic acids is 1. The minimum atomic E-state index is -0.484. The molecule has 3 aromatic carbocycles. The second kappa shape index (κ2) is 7.33. The molecule has 0 fully saturated rings. The summed E-state index contributed by atoms with van der Waals surface area (Å²) in [5.41, 5.74) is 2.61. The summed E-state index contributed by atoms with van der Waals surface area (Å²) in [4.78, 5) is 12.7. The maximum atomic E-state index is 12.7. The van der Waals surface area contributed by atoms with Gasteiger partial charge < -0.3 is 9.47 Å². The van der Waals surface area contributed by atoms with E-state index in [1.165, 1.54) is 13.2 Å². The highest BCUT2D eigenvalue weighted by Gasteiger charge is 2.17. The molecule has 0 heterocycles. The van der Waals surface area contributed by atoms with Crippen molar-refractivity contribution in [3.63, 3.8) is 0 Å². The molecule has 0 amide bonds. The van der Waals surface area contributed by atoms with Gasteiger partial charge in [-0.15, -0.1) is 0 Å². The molecule has 0 saturated heterocycles. The van der Waals surface area contributed by atoms with Crippen molar-refractivity contribution < 1.29 is 14.3 Å². The first-order chi connectivity index (χ1) is 12.2. The smallest absolute Gasteiger partial charge is 0.344 e. The van der Waals surface area contributed by atoms with Crippen LogP contribution in [0, 0.1) is 11.3 Å². The van der Waals surface area contributed by atoms with E-state index in [1.807, 2.05) is 48.5 Å². The highest BCUT2D eigenvalue weighted by molar-refractivity contribution is 5.98. The summed E-state index contributed by atoms with van der Waals surface area (Å²) in [5.74, 6) is 0.126. The summed E-state index contributed by atoms with van der Waals surface area (Å²) in [6.07, 6.45) is 0. The quantitative estimate of drug-likeness (QED) is 0.524. The second-order valence-electron chi connectivity index (χ2n) is 5.28. The summed E-state index contributed by atoms with van der Waals surface area (Å²) in [6.45, 7) is 0. The molecule has 25 heavy (non-hydrogen) atoms. The zero-order chi connectivity index (χ0) is 17.6. The topological polar surface area (TPSA) is 59.3 Å². The monoisotopic (exact) mass is 329 g/mol. The standard InChI is InChI=1S/C21H15NO3/c1-24-20-13-15(14-22)11-12-19(20)25-21(23)18-10-6-5-9-17(18)16-7-3-2-4-8-16/h2-13H,1H3. The lowest BCUT2D eigenvalue weighted by Gasteiger charge is -2.12. The fourth-order valence-electron chi connectivity index (χ4n) is 2.51. The first-order valence-corrected chi connectivity index (χ1v) is 7.67. The average molecular weight is 329 g/mol. The predicted octanol–water partition coefficient (Wildman–Crippen LogP) is 4.45. The number of rotatable bonds is 4. The van der Waals surface area contributed by atoms with E-state index in [4.69, 9.17) is 14.7 Å². The number of nitriles is 1. The molecule has 4 heteroatoms. The number of hydrogen-bond acceptors (Lipinski definition) is 4. The van der Waals surface area contributed by atoms with Crippen molar-refractivity contribution in [2.45, 2.75) is 0 Å². The van der Waals surface area contributed by atoms with Crippen molar-refractivity contribution in [1.82, 2.24) is 0 Å². The Morgan fingerprint density at radius 1 is 0.920 bits per heavy atom. The van der Waals surface area contributed by atoms with Crippen LogP contribution in [0.25, 0.3) is 11.1 Å². The summed E-state index contributed by atoms with van der Waals surface area (Å²) in [5, 5.41) is 8.96. The number of benzene rings is 3. The molecule has 0 saturated carbocycles. The van der Waals surface area contributed by atoms with Gasteiger partial charge in [-0.2, -0.15) is 5.26 Å². The van der Waals surface area contributed by atoms with Gasteiger partial charge in [0.1, 0.15) is 0 Å². The van der Waals surface area contributed by atoms with E-state index in [0.717, 1.165) is 11.1 Å². The number of carbonyl (C=O) groups is 1. The SMILES string of the molecule is COc1cc(C#N)ccc1OC(=O)c1ccccc1-c1ccccc1. The molecule has 0 aliphatic carbocycles. The summed E-state index contributed by atoms with van der Waals surface area (Å²) in [6, 6.07) is 23.6. The maximum Gasteiger partial charge on any atom is 0.344 e. The molecule has 0 N–H and O–H groups in total. The molecule has 0 aromatic heterocycles. The number of methoxy groups -OCH3 is 1.